The number of rotatable bonds is 13. The van der Waals surface area contributed by atoms with E-state index in [9.17, 15) is 0 Å². The summed E-state index contributed by atoms with van der Waals surface area (Å²) in [4.78, 5) is 4.64. The van der Waals surface area contributed by atoms with E-state index in [1.165, 1.54) is 5.56 Å². The highest BCUT2D eigenvalue weighted by molar-refractivity contribution is 5.46. The van der Waals surface area contributed by atoms with Gasteiger partial charge in [0.05, 0.1) is 13.2 Å². The highest BCUT2D eigenvalue weighted by Gasteiger charge is 2.20. The van der Waals surface area contributed by atoms with Crippen molar-refractivity contribution < 1.29 is 23.5 Å². The Balaban J connectivity index is 1.34. The maximum atomic E-state index is 5.84. The van der Waals surface area contributed by atoms with Crippen molar-refractivity contribution in [3.05, 3.63) is 59.0 Å². The normalized spacial score (nSPS) is 13.1. The average molecular weight is 468 g/mol. The van der Waals surface area contributed by atoms with Gasteiger partial charge in [-0.3, -0.25) is 0 Å². The van der Waals surface area contributed by atoms with Gasteiger partial charge >= 0.3 is 0 Å². The average Bonchev–Trinajstić information content (AvgIpc) is 3.51. The summed E-state index contributed by atoms with van der Waals surface area (Å²) >= 11 is 0. The topological polar surface area (TPSA) is 87.9 Å². The van der Waals surface area contributed by atoms with Gasteiger partial charge < -0.3 is 28.8 Å². The van der Waals surface area contributed by atoms with Gasteiger partial charge in [0.1, 0.15) is 11.6 Å². The van der Waals surface area contributed by atoms with E-state index in [-0.39, 0.29) is 6.79 Å². The minimum Gasteiger partial charge on any atom is -0.475 e. The van der Waals surface area contributed by atoms with Crippen LogP contribution in [-0.2, 0) is 24.2 Å². The van der Waals surface area contributed by atoms with Crippen LogP contribution in [0.5, 0.6) is 17.4 Å². The van der Waals surface area contributed by atoms with E-state index in [0.29, 0.717) is 31.4 Å². The second-order valence-corrected chi connectivity index (χ2v) is 8.38. The Morgan fingerprint density at radius 1 is 1.12 bits per heavy atom. The van der Waals surface area contributed by atoms with E-state index in [2.05, 4.69) is 34.5 Å². The first-order valence-corrected chi connectivity index (χ1v) is 11.8. The first kappa shape index (κ1) is 23.9. The van der Waals surface area contributed by atoms with Crippen molar-refractivity contribution in [1.82, 2.24) is 10.1 Å². The van der Waals surface area contributed by atoms with Gasteiger partial charge in [-0.05, 0) is 41.3 Å². The Hall–Kier alpha value is -3.26. The van der Waals surface area contributed by atoms with Crippen molar-refractivity contribution >= 4 is 5.82 Å². The molecule has 0 radical (unpaired) electrons. The van der Waals surface area contributed by atoms with E-state index in [0.717, 1.165) is 60.0 Å². The molecule has 4 rings (SSSR count). The third-order valence-corrected chi connectivity index (χ3v) is 5.94. The number of ether oxygens (including phenoxy) is 4. The van der Waals surface area contributed by atoms with E-state index < -0.39 is 0 Å². The summed E-state index contributed by atoms with van der Waals surface area (Å²) in [7, 11) is 3.53. The molecule has 0 bridgehead atoms. The van der Waals surface area contributed by atoms with Gasteiger partial charge in [0, 0.05) is 44.3 Å². The molecule has 1 aliphatic rings. The number of benzene rings is 1. The molecule has 1 aliphatic heterocycles. The molecule has 8 heteroatoms. The smallest absolute Gasteiger partial charge is 0.254 e. The molecule has 1 aromatic carbocycles. The van der Waals surface area contributed by atoms with Crippen molar-refractivity contribution in [2.24, 2.45) is 0 Å². The maximum Gasteiger partial charge on any atom is 0.254 e. The van der Waals surface area contributed by atoms with Crippen LogP contribution in [0.2, 0.25) is 0 Å². The van der Waals surface area contributed by atoms with Gasteiger partial charge in [-0.1, -0.05) is 31.9 Å². The van der Waals surface area contributed by atoms with Crippen molar-refractivity contribution in [1.29, 1.82) is 0 Å². The number of pyridine rings is 1. The standard InChI is InChI=1S/C26H33N3O5/c1-4-5-6-18(19-8-10-23-24(14-19)33-17-32-23)13-22-15-25(29-34-22)31-12-11-21-9-7-20(16-30-3)26(27-2)28-21/h7-10,14-15,18H,4-6,11-13,16-17H2,1-3H3,(H,27,28). The van der Waals surface area contributed by atoms with Gasteiger partial charge in [-0.25, -0.2) is 4.98 Å². The molecule has 3 aromatic rings. The van der Waals surface area contributed by atoms with Gasteiger partial charge in [0.15, 0.2) is 11.5 Å². The molecular weight excluding hydrogens is 434 g/mol. The van der Waals surface area contributed by atoms with E-state index in [1.54, 1.807) is 7.11 Å². The zero-order valence-electron chi connectivity index (χ0n) is 20.1. The van der Waals surface area contributed by atoms with E-state index >= 15 is 0 Å². The molecule has 8 nitrogen and oxygen atoms in total. The lowest BCUT2D eigenvalue weighted by Crippen LogP contribution is -2.06. The number of fused-ring (bicyclic) bond motifs is 1. The lowest BCUT2D eigenvalue weighted by molar-refractivity contribution is 0.174. The van der Waals surface area contributed by atoms with Crippen molar-refractivity contribution in [2.45, 2.75) is 51.6 Å². The lowest BCUT2D eigenvalue weighted by atomic mass is 9.89. The molecule has 0 fully saturated rings. The van der Waals surface area contributed by atoms with E-state index in [1.807, 2.05) is 31.3 Å². The highest BCUT2D eigenvalue weighted by atomic mass is 16.7. The van der Waals surface area contributed by atoms with Crippen molar-refractivity contribution in [3.8, 4) is 17.4 Å². The number of anilines is 1. The molecule has 34 heavy (non-hydrogen) atoms. The first-order chi connectivity index (χ1) is 16.7. The molecule has 3 heterocycles. The van der Waals surface area contributed by atoms with Gasteiger partial charge in [0.25, 0.3) is 5.88 Å². The largest absolute Gasteiger partial charge is 0.475 e. The summed E-state index contributed by atoms with van der Waals surface area (Å²) in [5.74, 6) is 4.06. The van der Waals surface area contributed by atoms with Crippen LogP contribution >= 0.6 is 0 Å². The zero-order chi connectivity index (χ0) is 23.8. The molecule has 2 aromatic heterocycles. The van der Waals surface area contributed by atoms with Crippen molar-refractivity contribution in [2.75, 3.05) is 32.9 Å². The fraction of sp³-hybridized carbons (Fsp3) is 0.462. The molecule has 1 atom stereocenters. The summed E-state index contributed by atoms with van der Waals surface area (Å²) in [6.45, 7) is 3.47. The van der Waals surface area contributed by atoms with Gasteiger partial charge in [-0.2, -0.15) is 0 Å². The predicted molar refractivity (Wildman–Crippen MR) is 129 cm³/mol. The Morgan fingerprint density at radius 3 is 2.82 bits per heavy atom. The van der Waals surface area contributed by atoms with Crippen LogP contribution in [0, 0.1) is 0 Å². The number of hydrogen-bond acceptors (Lipinski definition) is 8. The first-order valence-electron chi connectivity index (χ1n) is 11.8. The molecule has 0 spiro atoms. The fourth-order valence-electron chi connectivity index (χ4n) is 4.12. The summed E-state index contributed by atoms with van der Waals surface area (Å²) in [5, 5.41) is 7.23. The number of methoxy groups -OCH3 is 1. The summed E-state index contributed by atoms with van der Waals surface area (Å²) in [6, 6.07) is 12.1. The number of nitrogens with zero attached hydrogens (tertiary/aromatic N) is 2. The molecule has 182 valence electrons. The second-order valence-electron chi connectivity index (χ2n) is 8.38. The minimum absolute atomic E-state index is 0.282. The predicted octanol–water partition coefficient (Wildman–Crippen LogP) is 5.12. The number of hydrogen-bond donors (Lipinski definition) is 1. The number of aromatic nitrogens is 2. The van der Waals surface area contributed by atoms with Crippen LogP contribution in [0.1, 0.15) is 54.7 Å². The Labute approximate surface area is 200 Å². The molecule has 0 aliphatic carbocycles. The Kier molecular flexibility index (Phi) is 8.25. The number of unbranched alkanes of at least 4 members (excludes halogenated alkanes) is 1. The van der Waals surface area contributed by atoms with Gasteiger partial charge in [-0.15, -0.1) is 0 Å². The maximum absolute atomic E-state index is 5.84. The SMILES string of the molecule is CCCCC(Cc1cc(OCCc2ccc(COC)c(NC)n2)no1)c1ccc2c(c1)OCO2. The third kappa shape index (κ3) is 5.99. The van der Waals surface area contributed by atoms with E-state index in [4.69, 9.17) is 23.5 Å². The zero-order valence-corrected chi connectivity index (χ0v) is 20.1. The monoisotopic (exact) mass is 467 g/mol. The Bertz CT molecular complexity index is 1070. The number of nitrogens with one attached hydrogen (secondary N) is 1. The fourth-order valence-corrected chi connectivity index (χ4v) is 4.12. The molecule has 1 N–H and O–H groups in total. The summed E-state index contributed by atoms with van der Waals surface area (Å²) in [6.07, 6.45) is 4.76. The Morgan fingerprint density at radius 2 is 2.00 bits per heavy atom. The molecule has 0 saturated heterocycles. The van der Waals surface area contributed by atoms with Crippen molar-refractivity contribution in [3.63, 3.8) is 0 Å². The van der Waals surface area contributed by atoms with Crippen LogP contribution in [0.15, 0.2) is 40.9 Å². The van der Waals surface area contributed by atoms with Crippen LogP contribution in [0.4, 0.5) is 5.82 Å². The molecule has 0 amide bonds. The van der Waals surface area contributed by atoms with Crippen LogP contribution in [0.25, 0.3) is 0 Å². The molecular formula is C26H33N3O5. The highest BCUT2D eigenvalue weighted by Crippen LogP contribution is 2.37. The summed E-state index contributed by atoms with van der Waals surface area (Å²) < 4.78 is 27.7. The summed E-state index contributed by atoms with van der Waals surface area (Å²) in [5.41, 5.74) is 3.19. The quantitative estimate of drug-likeness (QED) is 0.370. The molecule has 0 saturated carbocycles. The lowest BCUT2D eigenvalue weighted by Gasteiger charge is -2.16. The third-order valence-electron chi connectivity index (χ3n) is 5.94. The van der Waals surface area contributed by atoms with Gasteiger partial charge in [0.2, 0.25) is 6.79 Å². The van der Waals surface area contributed by atoms with Crippen LogP contribution < -0.4 is 19.5 Å². The van der Waals surface area contributed by atoms with Crippen LogP contribution in [0.3, 0.4) is 0 Å². The molecule has 1 unspecified atom stereocenters. The van der Waals surface area contributed by atoms with Crippen LogP contribution in [-0.4, -0.2) is 37.7 Å². The second kappa shape index (κ2) is 11.7. The minimum atomic E-state index is 0.282.